The third-order valence-electron chi connectivity index (χ3n) is 4.76. The Morgan fingerprint density at radius 3 is 2.42 bits per heavy atom. The normalized spacial score (nSPS) is 11.7. The van der Waals surface area contributed by atoms with E-state index in [1.54, 1.807) is 12.1 Å². The van der Waals surface area contributed by atoms with E-state index in [-0.39, 0.29) is 15.5 Å². The molecule has 0 saturated heterocycles. The minimum absolute atomic E-state index is 0.0560. The first kappa shape index (κ1) is 21.0. The zero-order chi connectivity index (χ0) is 22.2. The lowest BCUT2D eigenvalue weighted by molar-refractivity contribution is 0.102. The van der Waals surface area contributed by atoms with E-state index in [1.807, 2.05) is 36.4 Å². The predicted molar refractivity (Wildman–Crippen MR) is 122 cm³/mol. The molecule has 9 heteroatoms. The molecule has 0 spiro atoms. The van der Waals surface area contributed by atoms with Crippen LogP contribution in [0, 0.1) is 0 Å². The molecule has 0 aliphatic heterocycles. The Bertz CT molecular complexity index is 1350. The van der Waals surface area contributed by atoms with Gasteiger partial charge in [-0.3, -0.25) is 4.79 Å². The van der Waals surface area contributed by atoms with Gasteiger partial charge in [-0.05, 0) is 54.6 Å². The summed E-state index contributed by atoms with van der Waals surface area (Å²) in [5.41, 5.74) is 3.45. The minimum atomic E-state index is -3.77. The Kier molecular flexibility index (Phi) is 5.53. The van der Waals surface area contributed by atoms with Crippen molar-refractivity contribution in [2.24, 2.45) is 0 Å². The molecule has 0 aliphatic rings. The van der Waals surface area contributed by atoms with Crippen molar-refractivity contribution in [1.29, 1.82) is 0 Å². The number of hydrogen-bond donors (Lipinski definition) is 2. The maximum Gasteiger partial charge on any atom is 0.255 e. The standard InChI is InChI=1S/C22H19ClN4O3S/c1-27(2)31(29,30)20-13-15(9-12-17(20)23)22(28)24-16-10-7-14(8-11-16)21-25-18-5-3-4-6-19(18)26-21/h3-13H,1-2H3,(H,24,28)(H,25,26). The first-order valence-corrected chi connectivity index (χ1v) is 11.2. The molecule has 0 fully saturated rings. The summed E-state index contributed by atoms with van der Waals surface area (Å²) in [6.07, 6.45) is 0. The molecule has 3 aromatic carbocycles. The van der Waals surface area contributed by atoms with Gasteiger partial charge in [0.25, 0.3) is 5.91 Å². The number of benzene rings is 3. The van der Waals surface area contributed by atoms with Gasteiger partial charge in [-0.2, -0.15) is 0 Å². The number of anilines is 1. The Morgan fingerprint density at radius 2 is 1.74 bits per heavy atom. The zero-order valence-corrected chi connectivity index (χ0v) is 18.3. The van der Waals surface area contributed by atoms with Crippen molar-refractivity contribution in [3.63, 3.8) is 0 Å². The van der Waals surface area contributed by atoms with Crippen LogP contribution in [0.4, 0.5) is 5.69 Å². The summed E-state index contributed by atoms with van der Waals surface area (Å²) in [5, 5.41) is 2.83. The van der Waals surface area contributed by atoms with Gasteiger partial charge in [0.1, 0.15) is 10.7 Å². The second-order valence-electron chi connectivity index (χ2n) is 7.07. The smallest absolute Gasteiger partial charge is 0.255 e. The summed E-state index contributed by atoms with van der Waals surface area (Å²) in [6, 6.07) is 19.1. The van der Waals surface area contributed by atoms with Crippen LogP contribution in [0.3, 0.4) is 0 Å². The van der Waals surface area contributed by atoms with E-state index in [2.05, 4.69) is 15.3 Å². The molecule has 31 heavy (non-hydrogen) atoms. The molecule has 4 rings (SSSR count). The van der Waals surface area contributed by atoms with E-state index in [1.165, 1.54) is 32.3 Å². The number of nitrogens with zero attached hydrogens (tertiary/aromatic N) is 2. The number of fused-ring (bicyclic) bond motifs is 1. The van der Waals surface area contributed by atoms with Gasteiger partial charge in [-0.1, -0.05) is 23.7 Å². The maximum absolute atomic E-state index is 12.7. The van der Waals surface area contributed by atoms with E-state index < -0.39 is 15.9 Å². The van der Waals surface area contributed by atoms with Gasteiger partial charge < -0.3 is 10.3 Å². The molecule has 7 nitrogen and oxygen atoms in total. The molecule has 158 valence electrons. The van der Waals surface area contributed by atoms with Gasteiger partial charge in [0.15, 0.2) is 0 Å². The van der Waals surface area contributed by atoms with Crippen molar-refractivity contribution in [1.82, 2.24) is 14.3 Å². The molecular weight excluding hydrogens is 436 g/mol. The third kappa shape index (κ3) is 4.18. The van der Waals surface area contributed by atoms with Crippen LogP contribution in [0.5, 0.6) is 0 Å². The maximum atomic E-state index is 12.7. The minimum Gasteiger partial charge on any atom is -0.338 e. The van der Waals surface area contributed by atoms with Crippen LogP contribution < -0.4 is 5.32 Å². The van der Waals surface area contributed by atoms with Gasteiger partial charge in [0, 0.05) is 30.9 Å². The van der Waals surface area contributed by atoms with E-state index in [4.69, 9.17) is 11.6 Å². The van der Waals surface area contributed by atoms with Crippen LogP contribution in [0.1, 0.15) is 10.4 Å². The number of aromatic amines is 1. The topological polar surface area (TPSA) is 95.2 Å². The highest BCUT2D eigenvalue weighted by Crippen LogP contribution is 2.26. The number of para-hydroxylation sites is 2. The number of nitrogens with one attached hydrogen (secondary N) is 2. The van der Waals surface area contributed by atoms with E-state index in [0.717, 1.165) is 26.7 Å². The second-order valence-corrected chi connectivity index (χ2v) is 9.59. The summed E-state index contributed by atoms with van der Waals surface area (Å²) in [5.74, 6) is 0.290. The molecule has 0 atom stereocenters. The number of sulfonamides is 1. The SMILES string of the molecule is CN(C)S(=O)(=O)c1cc(C(=O)Nc2ccc(-c3nc4ccccc4[nH]3)cc2)ccc1Cl. The van der Waals surface area contributed by atoms with Crippen molar-refractivity contribution < 1.29 is 13.2 Å². The van der Waals surface area contributed by atoms with E-state index >= 15 is 0 Å². The van der Waals surface area contributed by atoms with Crippen molar-refractivity contribution in [3.8, 4) is 11.4 Å². The van der Waals surface area contributed by atoms with Crippen molar-refractivity contribution >= 4 is 44.3 Å². The number of amides is 1. The predicted octanol–water partition coefficient (Wildman–Crippen LogP) is 4.39. The fraction of sp³-hybridized carbons (Fsp3) is 0.0909. The molecule has 0 radical (unpaired) electrons. The van der Waals surface area contributed by atoms with Gasteiger partial charge >= 0.3 is 0 Å². The van der Waals surface area contributed by atoms with Crippen LogP contribution in [0.25, 0.3) is 22.4 Å². The summed E-state index contributed by atoms with van der Waals surface area (Å²) < 4.78 is 25.9. The zero-order valence-electron chi connectivity index (χ0n) is 16.8. The van der Waals surface area contributed by atoms with Crippen molar-refractivity contribution in [3.05, 3.63) is 77.3 Å². The molecule has 0 aliphatic carbocycles. The van der Waals surface area contributed by atoms with Crippen LogP contribution in [-0.2, 0) is 10.0 Å². The molecule has 1 amide bonds. The highest BCUT2D eigenvalue weighted by molar-refractivity contribution is 7.89. The molecule has 0 unspecified atom stereocenters. The second kappa shape index (κ2) is 8.14. The van der Waals surface area contributed by atoms with Crippen LogP contribution in [-0.4, -0.2) is 42.7 Å². The van der Waals surface area contributed by atoms with Crippen LogP contribution in [0.15, 0.2) is 71.6 Å². The number of rotatable bonds is 5. The first-order chi connectivity index (χ1) is 14.8. The lowest BCUT2D eigenvalue weighted by Gasteiger charge is -2.14. The van der Waals surface area contributed by atoms with Crippen molar-refractivity contribution in [2.45, 2.75) is 4.90 Å². The molecule has 0 saturated carbocycles. The van der Waals surface area contributed by atoms with E-state index in [9.17, 15) is 13.2 Å². The summed E-state index contributed by atoms with van der Waals surface area (Å²) in [4.78, 5) is 20.4. The summed E-state index contributed by atoms with van der Waals surface area (Å²) >= 11 is 6.05. The van der Waals surface area contributed by atoms with Gasteiger partial charge in [0.05, 0.1) is 16.1 Å². The number of imidazole rings is 1. The lowest BCUT2D eigenvalue weighted by atomic mass is 10.1. The van der Waals surface area contributed by atoms with Gasteiger partial charge in [-0.15, -0.1) is 0 Å². The van der Waals surface area contributed by atoms with Gasteiger partial charge in [0.2, 0.25) is 10.0 Å². The Hall–Kier alpha value is -3.20. The number of halogens is 1. The average Bonchev–Trinajstić information content (AvgIpc) is 3.18. The number of aromatic nitrogens is 2. The molecule has 4 aromatic rings. The Labute approximate surface area is 184 Å². The molecule has 2 N–H and O–H groups in total. The van der Waals surface area contributed by atoms with Crippen LogP contribution >= 0.6 is 11.6 Å². The Balaban J connectivity index is 1.55. The lowest BCUT2D eigenvalue weighted by Crippen LogP contribution is -2.23. The highest BCUT2D eigenvalue weighted by Gasteiger charge is 2.22. The number of carbonyl (C=O) groups is 1. The summed E-state index contributed by atoms with van der Waals surface area (Å²) in [6.45, 7) is 0. The van der Waals surface area contributed by atoms with Gasteiger partial charge in [-0.25, -0.2) is 17.7 Å². The summed E-state index contributed by atoms with van der Waals surface area (Å²) in [7, 11) is -0.963. The first-order valence-electron chi connectivity index (χ1n) is 9.34. The molecular formula is C22H19ClN4O3S. The quantitative estimate of drug-likeness (QED) is 0.467. The average molecular weight is 455 g/mol. The molecule has 0 bridgehead atoms. The monoisotopic (exact) mass is 454 g/mol. The molecule has 1 heterocycles. The molecule has 1 aromatic heterocycles. The number of hydrogen-bond acceptors (Lipinski definition) is 4. The number of H-pyrrole nitrogens is 1. The van der Waals surface area contributed by atoms with Crippen LogP contribution in [0.2, 0.25) is 5.02 Å². The largest absolute Gasteiger partial charge is 0.338 e. The number of carbonyl (C=O) groups excluding carboxylic acids is 1. The van der Waals surface area contributed by atoms with Crippen molar-refractivity contribution in [2.75, 3.05) is 19.4 Å². The fourth-order valence-corrected chi connectivity index (χ4v) is 4.44. The van der Waals surface area contributed by atoms with E-state index in [0.29, 0.717) is 5.69 Å². The highest BCUT2D eigenvalue weighted by atomic mass is 35.5. The third-order valence-corrected chi connectivity index (χ3v) is 7.05. The Morgan fingerprint density at radius 1 is 1.03 bits per heavy atom. The fourth-order valence-electron chi connectivity index (χ4n) is 3.04.